The second kappa shape index (κ2) is 24.7. The molecule has 0 aromatic heterocycles. The minimum absolute atomic E-state index is 0.808. The summed E-state index contributed by atoms with van der Waals surface area (Å²) < 4.78 is 0. The maximum atomic E-state index is 2.44. The molecule has 0 aliphatic carbocycles. The highest BCUT2D eigenvalue weighted by molar-refractivity contribution is 4.92. The van der Waals surface area contributed by atoms with Gasteiger partial charge in [-0.25, -0.2) is 0 Å². The van der Waals surface area contributed by atoms with Gasteiger partial charge in [0.05, 0.1) is 0 Å². The van der Waals surface area contributed by atoms with E-state index in [1.807, 2.05) is 0 Å². The Morgan fingerprint density at radius 2 is 0.933 bits per heavy atom. The summed E-state index contributed by atoms with van der Waals surface area (Å²) in [5.41, 5.74) is 0. The number of hydrogen-bond donors (Lipinski definition) is 0. The minimum Gasteiger partial charge on any atom is -0.306 e. The van der Waals surface area contributed by atoms with E-state index in [1.165, 1.54) is 122 Å². The van der Waals surface area contributed by atoms with Gasteiger partial charge in [0.2, 0.25) is 0 Å². The van der Waals surface area contributed by atoms with Crippen molar-refractivity contribution in [1.29, 1.82) is 0 Å². The average Bonchev–Trinajstić information content (AvgIpc) is 2.74. The highest BCUT2D eigenvalue weighted by atomic mass is 15.1. The van der Waals surface area contributed by atoms with Crippen LogP contribution in [0.5, 0.6) is 0 Å². The number of hydrogen-bond acceptors (Lipinski definition) is 1. The molecule has 0 bridgehead atoms. The summed E-state index contributed by atoms with van der Waals surface area (Å²) in [5, 5.41) is 0. The van der Waals surface area contributed by atoms with Gasteiger partial charge in [0.25, 0.3) is 0 Å². The van der Waals surface area contributed by atoms with E-state index in [2.05, 4.69) is 57.1 Å². The molecule has 0 aliphatic heterocycles. The predicted octanol–water partition coefficient (Wildman–Crippen LogP) is 9.87. The maximum Gasteiger partial charge on any atom is 0.00891 e. The summed E-state index contributed by atoms with van der Waals surface area (Å²) in [7, 11) is 4.50. The lowest BCUT2D eigenvalue weighted by Crippen LogP contribution is -2.27. The molecule has 0 radical (unpaired) electrons. The summed E-state index contributed by atoms with van der Waals surface area (Å²) in [5.74, 6) is 0. The van der Waals surface area contributed by atoms with Crippen LogP contribution < -0.4 is 0 Å². The van der Waals surface area contributed by atoms with Crippen LogP contribution >= 0.6 is 0 Å². The Labute approximate surface area is 191 Å². The average molecular weight is 420 g/mol. The lowest BCUT2D eigenvalue weighted by molar-refractivity contribution is 0.253. The Morgan fingerprint density at radius 3 is 1.43 bits per heavy atom. The minimum atomic E-state index is 0.808. The molecule has 0 fully saturated rings. The zero-order chi connectivity index (χ0) is 22.1. The van der Waals surface area contributed by atoms with Crippen molar-refractivity contribution in [3.63, 3.8) is 0 Å². The second-order valence-corrected chi connectivity index (χ2v) is 9.55. The molecular weight excluding hydrogens is 362 g/mol. The molecule has 178 valence electrons. The third-order valence-electron chi connectivity index (χ3n) is 6.36. The Morgan fingerprint density at radius 1 is 0.500 bits per heavy atom. The van der Waals surface area contributed by atoms with Gasteiger partial charge in [-0.3, -0.25) is 0 Å². The largest absolute Gasteiger partial charge is 0.306 e. The van der Waals surface area contributed by atoms with Gasteiger partial charge in [0.1, 0.15) is 0 Å². The highest BCUT2D eigenvalue weighted by Gasteiger charge is 2.09. The molecule has 0 rings (SSSR count). The van der Waals surface area contributed by atoms with Gasteiger partial charge in [-0.05, 0) is 59.0 Å². The number of rotatable bonds is 23. The molecule has 0 spiro atoms. The van der Waals surface area contributed by atoms with E-state index in [4.69, 9.17) is 0 Å². The van der Waals surface area contributed by atoms with Crippen LogP contribution in [0.3, 0.4) is 0 Å². The van der Waals surface area contributed by atoms with Crippen LogP contribution in [0.25, 0.3) is 0 Å². The number of nitrogens with zero attached hydrogens (tertiary/aromatic N) is 1. The molecule has 1 unspecified atom stereocenters. The Kier molecular flexibility index (Phi) is 24.2. The third-order valence-corrected chi connectivity index (χ3v) is 6.36. The molecule has 0 aliphatic rings. The molecular formula is C29H57N. The van der Waals surface area contributed by atoms with Crippen molar-refractivity contribution in [3.05, 3.63) is 24.3 Å². The van der Waals surface area contributed by atoms with Crippen LogP contribution in [0.1, 0.15) is 142 Å². The van der Waals surface area contributed by atoms with E-state index in [0.29, 0.717) is 0 Å². The SMILES string of the molecule is CCCCCCCC/C=C\C/C=C\CCCCCCCCCC(CCCC)N(C)C. The van der Waals surface area contributed by atoms with Crippen LogP contribution in [0.4, 0.5) is 0 Å². The quantitative estimate of drug-likeness (QED) is 0.118. The van der Waals surface area contributed by atoms with Crippen molar-refractivity contribution in [2.24, 2.45) is 0 Å². The first-order valence-electron chi connectivity index (χ1n) is 13.7. The van der Waals surface area contributed by atoms with E-state index in [9.17, 15) is 0 Å². The smallest absolute Gasteiger partial charge is 0.00891 e. The van der Waals surface area contributed by atoms with Gasteiger partial charge in [0.15, 0.2) is 0 Å². The molecule has 0 aromatic carbocycles. The Bertz CT molecular complexity index is 369. The van der Waals surface area contributed by atoms with E-state index in [-0.39, 0.29) is 0 Å². The predicted molar refractivity (Wildman–Crippen MR) is 139 cm³/mol. The second-order valence-electron chi connectivity index (χ2n) is 9.55. The van der Waals surface area contributed by atoms with Gasteiger partial charge in [-0.1, -0.05) is 122 Å². The molecule has 0 aromatic rings. The summed E-state index contributed by atoms with van der Waals surface area (Å²) >= 11 is 0. The van der Waals surface area contributed by atoms with Gasteiger partial charge < -0.3 is 4.90 Å². The summed E-state index contributed by atoms with van der Waals surface area (Å²) in [4.78, 5) is 2.44. The molecule has 1 nitrogen and oxygen atoms in total. The van der Waals surface area contributed by atoms with E-state index in [0.717, 1.165) is 12.5 Å². The zero-order valence-corrected chi connectivity index (χ0v) is 21.5. The van der Waals surface area contributed by atoms with Crippen molar-refractivity contribution in [3.8, 4) is 0 Å². The van der Waals surface area contributed by atoms with Crippen LogP contribution in [0.15, 0.2) is 24.3 Å². The molecule has 0 N–H and O–H groups in total. The van der Waals surface area contributed by atoms with Crippen molar-refractivity contribution >= 4 is 0 Å². The summed E-state index contributed by atoms with van der Waals surface area (Å²) in [6.07, 6.45) is 37.0. The molecule has 30 heavy (non-hydrogen) atoms. The fourth-order valence-corrected chi connectivity index (χ4v) is 4.18. The fraction of sp³-hybridized carbons (Fsp3) is 0.862. The Hall–Kier alpha value is -0.560. The maximum absolute atomic E-state index is 2.44. The van der Waals surface area contributed by atoms with E-state index in [1.54, 1.807) is 0 Å². The van der Waals surface area contributed by atoms with Gasteiger partial charge in [0, 0.05) is 6.04 Å². The first kappa shape index (κ1) is 29.4. The standard InChI is InChI=1S/C29H57N/c1-5-7-9-10-11-12-13-14-15-16-17-18-19-20-21-22-23-24-25-26-28-29(30(3)4)27-8-6-2/h14-15,17-18,29H,5-13,16,19-28H2,1-4H3/b15-14-,18-17-. The molecule has 0 saturated carbocycles. The monoisotopic (exact) mass is 419 g/mol. The first-order chi connectivity index (χ1) is 14.7. The molecule has 1 atom stereocenters. The Balaban J connectivity index is 3.34. The third kappa shape index (κ3) is 22.1. The van der Waals surface area contributed by atoms with Gasteiger partial charge in [-0.15, -0.1) is 0 Å². The number of allylic oxidation sites excluding steroid dienone is 4. The van der Waals surface area contributed by atoms with Crippen molar-refractivity contribution < 1.29 is 0 Å². The van der Waals surface area contributed by atoms with Crippen molar-refractivity contribution in [2.45, 2.75) is 148 Å². The lowest BCUT2D eigenvalue weighted by Gasteiger charge is -2.24. The van der Waals surface area contributed by atoms with Crippen LogP contribution in [-0.2, 0) is 0 Å². The normalized spacial score (nSPS) is 13.2. The summed E-state index contributed by atoms with van der Waals surface area (Å²) in [6.45, 7) is 4.59. The van der Waals surface area contributed by atoms with Gasteiger partial charge in [-0.2, -0.15) is 0 Å². The number of unbranched alkanes of at least 4 members (excludes halogenated alkanes) is 14. The van der Waals surface area contributed by atoms with Crippen LogP contribution in [0, 0.1) is 0 Å². The van der Waals surface area contributed by atoms with E-state index < -0.39 is 0 Å². The molecule has 0 amide bonds. The lowest BCUT2D eigenvalue weighted by atomic mass is 10.0. The van der Waals surface area contributed by atoms with Crippen molar-refractivity contribution in [2.75, 3.05) is 14.1 Å². The van der Waals surface area contributed by atoms with Gasteiger partial charge >= 0.3 is 0 Å². The zero-order valence-electron chi connectivity index (χ0n) is 21.5. The highest BCUT2D eigenvalue weighted by Crippen LogP contribution is 2.16. The van der Waals surface area contributed by atoms with E-state index >= 15 is 0 Å². The first-order valence-corrected chi connectivity index (χ1v) is 13.7. The topological polar surface area (TPSA) is 3.24 Å². The molecule has 0 heterocycles. The molecule has 0 saturated heterocycles. The van der Waals surface area contributed by atoms with Crippen LogP contribution in [-0.4, -0.2) is 25.0 Å². The van der Waals surface area contributed by atoms with Crippen LogP contribution in [0.2, 0.25) is 0 Å². The fourth-order valence-electron chi connectivity index (χ4n) is 4.18. The summed E-state index contributed by atoms with van der Waals surface area (Å²) in [6, 6.07) is 0.808. The molecule has 1 heteroatoms. The van der Waals surface area contributed by atoms with Crippen molar-refractivity contribution in [1.82, 2.24) is 4.90 Å².